The summed E-state index contributed by atoms with van der Waals surface area (Å²) in [4.78, 5) is 11.9. The molecular weight excluding hydrogens is 323 g/mol. The van der Waals surface area contributed by atoms with Crippen LogP contribution in [-0.2, 0) is 4.79 Å². The third kappa shape index (κ3) is 3.91. The lowest BCUT2D eigenvalue weighted by Gasteiger charge is -2.12. The molecule has 0 aliphatic rings. The van der Waals surface area contributed by atoms with E-state index in [1.54, 1.807) is 43.3 Å². The summed E-state index contributed by atoms with van der Waals surface area (Å²) in [7, 11) is 0. The number of carbonyl (C=O) groups excluding carboxylic acids is 1. The molecule has 0 spiro atoms. The van der Waals surface area contributed by atoms with Crippen LogP contribution in [0.1, 0.15) is 11.1 Å². The molecule has 2 aromatic carbocycles. The van der Waals surface area contributed by atoms with Gasteiger partial charge in [0.05, 0.1) is 16.3 Å². The second kappa shape index (κ2) is 7.17. The van der Waals surface area contributed by atoms with E-state index >= 15 is 0 Å². The Hall–Kier alpha value is -2.22. The number of para-hydroxylation sites is 1. The SMILES string of the molecule is Cc1cc(Cl)cc(Cl)c1OCC(=O)Nc1ccccc1C#N. The molecule has 0 aliphatic heterocycles. The average molecular weight is 335 g/mol. The Morgan fingerprint density at radius 1 is 1.32 bits per heavy atom. The quantitative estimate of drug-likeness (QED) is 0.911. The first kappa shape index (κ1) is 16.2. The fourth-order valence-corrected chi connectivity index (χ4v) is 2.54. The van der Waals surface area contributed by atoms with Gasteiger partial charge in [-0.2, -0.15) is 5.26 Å². The number of nitriles is 1. The van der Waals surface area contributed by atoms with Crippen LogP contribution in [0.4, 0.5) is 5.69 Å². The van der Waals surface area contributed by atoms with Crippen molar-refractivity contribution in [2.75, 3.05) is 11.9 Å². The number of hydrogen-bond donors (Lipinski definition) is 1. The third-order valence-corrected chi connectivity index (χ3v) is 3.36. The van der Waals surface area contributed by atoms with Crippen molar-refractivity contribution in [3.8, 4) is 11.8 Å². The molecule has 2 aromatic rings. The molecule has 0 bridgehead atoms. The zero-order valence-corrected chi connectivity index (χ0v) is 13.2. The van der Waals surface area contributed by atoms with Gasteiger partial charge in [0.15, 0.2) is 6.61 Å². The minimum Gasteiger partial charge on any atom is -0.482 e. The van der Waals surface area contributed by atoms with Crippen LogP contribution >= 0.6 is 23.2 Å². The van der Waals surface area contributed by atoms with Gasteiger partial charge in [0.2, 0.25) is 0 Å². The number of benzene rings is 2. The summed E-state index contributed by atoms with van der Waals surface area (Å²) < 4.78 is 5.44. The van der Waals surface area contributed by atoms with Crippen molar-refractivity contribution >= 4 is 34.8 Å². The molecular formula is C16H12Cl2N2O2. The van der Waals surface area contributed by atoms with Crippen LogP contribution in [0.3, 0.4) is 0 Å². The summed E-state index contributed by atoms with van der Waals surface area (Å²) in [6.45, 7) is 1.57. The Kier molecular flexibility index (Phi) is 5.26. The van der Waals surface area contributed by atoms with Crippen LogP contribution in [0.15, 0.2) is 36.4 Å². The number of halogens is 2. The monoisotopic (exact) mass is 334 g/mol. The number of carbonyl (C=O) groups is 1. The highest BCUT2D eigenvalue weighted by Crippen LogP contribution is 2.31. The summed E-state index contributed by atoms with van der Waals surface area (Å²) in [6, 6.07) is 12.0. The van der Waals surface area contributed by atoms with Crippen molar-refractivity contribution in [2.24, 2.45) is 0 Å². The van der Waals surface area contributed by atoms with E-state index in [1.165, 1.54) is 0 Å². The smallest absolute Gasteiger partial charge is 0.262 e. The molecule has 112 valence electrons. The lowest BCUT2D eigenvalue weighted by Crippen LogP contribution is -2.21. The Balaban J connectivity index is 2.04. The summed E-state index contributed by atoms with van der Waals surface area (Å²) >= 11 is 11.9. The maximum atomic E-state index is 11.9. The first-order chi connectivity index (χ1) is 10.5. The molecule has 0 unspecified atom stereocenters. The van der Waals surface area contributed by atoms with Gasteiger partial charge in [-0.3, -0.25) is 4.79 Å². The van der Waals surface area contributed by atoms with Gasteiger partial charge >= 0.3 is 0 Å². The number of amides is 1. The lowest BCUT2D eigenvalue weighted by molar-refractivity contribution is -0.118. The van der Waals surface area contributed by atoms with E-state index in [-0.39, 0.29) is 12.5 Å². The van der Waals surface area contributed by atoms with Gasteiger partial charge in [0.25, 0.3) is 5.91 Å². The largest absolute Gasteiger partial charge is 0.482 e. The number of hydrogen-bond acceptors (Lipinski definition) is 3. The van der Waals surface area contributed by atoms with Crippen LogP contribution in [-0.4, -0.2) is 12.5 Å². The van der Waals surface area contributed by atoms with Crippen molar-refractivity contribution in [3.05, 3.63) is 57.6 Å². The number of nitrogens with one attached hydrogen (secondary N) is 1. The third-order valence-electron chi connectivity index (χ3n) is 2.86. The predicted octanol–water partition coefficient (Wildman–Crippen LogP) is 4.19. The van der Waals surface area contributed by atoms with Crippen molar-refractivity contribution in [2.45, 2.75) is 6.92 Å². The highest BCUT2D eigenvalue weighted by Gasteiger charge is 2.11. The number of rotatable bonds is 4. The molecule has 0 heterocycles. The Morgan fingerprint density at radius 3 is 2.73 bits per heavy atom. The number of ether oxygens (including phenoxy) is 1. The number of nitrogens with zero attached hydrogens (tertiary/aromatic N) is 1. The van der Waals surface area contributed by atoms with E-state index in [1.807, 2.05) is 6.07 Å². The minimum atomic E-state index is -0.381. The first-order valence-corrected chi connectivity index (χ1v) is 7.14. The summed E-state index contributed by atoms with van der Waals surface area (Å²) in [5.41, 5.74) is 1.57. The van der Waals surface area contributed by atoms with Crippen molar-refractivity contribution < 1.29 is 9.53 Å². The van der Waals surface area contributed by atoms with Gasteiger partial charge < -0.3 is 10.1 Å². The predicted molar refractivity (Wildman–Crippen MR) is 86.5 cm³/mol. The van der Waals surface area contributed by atoms with Crippen molar-refractivity contribution in [3.63, 3.8) is 0 Å². The Bertz CT molecular complexity index is 731. The number of anilines is 1. The van der Waals surface area contributed by atoms with Gasteiger partial charge in [-0.15, -0.1) is 0 Å². The van der Waals surface area contributed by atoms with Gasteiger partial charge in [-0.05, 0) is 36.8 Å². The normalized spacial score (nSPS) is 9.91. The minimum absolute atomic E-state index is 0.220. The fourth-order valence-electron chi connectivity index (χ4n) is 1.89. The maximum absolute atomic E-state index is 11.9. The van der Waals surface area contributed by atoms with Crippen LogP contribution in [0.5, 0.6) is 5.75 Å². The van der Waals surface area contributed by atoms with E-state index in [4.69, 9.17) is 33.2 Å². The van der Waals surface area contributed by atoms with Crippen molar-refractivity contribution in [1.82, 2.24) is 0 Å². The molecule has 2 rings (SSSR count). The van der Waals surface area contributed by atoms with Gasteiger partial charge in [-0.1, -0.05) is 35.3 Å². The molecule has 22 heavy (non-hydrogen) atoms. The van der Waals surface area contributed by atoms with E-state index in [9.17, 15) is 4.79 Å². The molecule has 0 aromatic heterocycles. The maximum Gasteiger partial charge on any atom is 0.262 e. The molecule has 0 aliphatic carbocycles. The van der Waals surface area contributed by atoms with Crippen LogP contribution in [0, 0.1) is 18.3 Å². The molecule has 6 heteroatoms. The Labute approximate surface area is 138 Å². The molecule has 0 atom stereocenters. The molecule has 4 nitrogen and oxygen atoms in total. The molecule has 0 fully saturated rings. The molecule has 1 amide bonds. The topological polar surface area (TPSA) is 62.1 Å². The first-order valence-electron chi connectivity index (χ1n) is 6.38. The Morgan fingerprint density at radius 2 is 2.05 bits per heavy atom. The van der Waals surface area contributed by atoms with E-state index < -0.39 is 0 Å². The summed E-state index contributed by atoms with van der Waals surface area (Å²) in [5.74, 6) is 0.0305. The van der Waals surface area contributed by atoms with Crippen LogP contribution in [0.25, 0.3) is 0 Å². The van der Waals surface area contributed by atoms with Crippen LogP contribution < -0.4 is 10.1 Å². The highest BCUT2D eigenvalue weighted by atomic mass is 35.5. The van der Waals surface area contributed by atoms with E-state index in [2.05, 4.69) is 5.32 Å². The van der Waals surface area contributed by atoms with E-state index in [0.717, 1.165) is 5.56 Å². The van der Waals surface area contributed by atoms with Crippen LogP contribution in [0.2, 0.25) is 10.0 Å². The second-order valence-electron chi connectivity index (χ2n) is 4.53. The van der Waals surface area contributed by atoms with Crippen molar-refractivity contribution in [1.29, 1.82) is 5.26 Å². The standard InChI is InChI=1S/C16H12Cl2N2O2/c1-10-6-12(17)7-13(18)16(10)22-9-15(21)20-14-5-3-2-4-11(14)8-19/h2-7H,9H2,1H3,(H,20,21). The average Bonchev–Trinajstić information content (AvgIpc) is 2.46. The zero-order valence-electron chi connectivity index (χ0n) is 11.7. The van der Waals surface area contributed by atoms with Gasteiger partial charge in [-0.25, -0.2) is 0 Å². The zero-order chi connectivity index (χ0) is 16.1. The highest BCUT2D eigenvalue weighted by molar-refractivity contribution is 6.35. The molecule has 0 saturated carbocycles. The summed E-state index contributed by atoms with van der Waals surface area (Å²) in [5, 5.41) is 12.4. The molecule has 0 radical (unpaired) electrons. The molecule has 1 N–H and O–H groups in total. The number of aryl methyl sites for hydroxylation is 1. The molecule has 0 saturated heterocycles. The lowest BCUT2D eigenvalue weighted by atomic mass is 10.2. The van der Waals surface area contributed by atoms with E-state index in [0.29, 0.717) is 27.0 Å². The van der Waals surface area contributed by atoms with Gasteiger partial charge in [0.1, 0.15) is 11.8 Å². The summed E-state index contributed by atoms with van der Waals surface area (Å²) in [6.07, 6.45) is 0. The fraction of sp³-hybridized carbons (Fsp3) is 0.125. The second-order valence-corrected chi connectivity index (χ2v) is 5.37. The van der Waals surface area contributed by atoms with Gasteiger partial charge in [0, 0.05) is 5.02 Å².